The topological polar surface area (TPSA) is 42.7 Å². The molecule has 5 heteroatoms. The van der Waals surface area contributed by atoms with Crippen LogP contribution in [0.5, 0.6) is 0 Å². The average molecular weight is 220 g/mol. The van der Waals surface area contributed by atoms with E-state index in [-0.39, 0.29) is 0 Å². The van der Waals surface area contributed by atoms with E-state index < -0.39 is 0 Å². The van der Waals surface area contributed by atoms with E-state index in [9.17, 15) is 0 Å². The standard InChI is InChI=1S/C10H12N4S/c1-14-5-4-12-9(14)10-13-7-2-3-11-6-8(7)15-10/h4-5,11H,2-3,6H2,1H3. The molecule has 0 aliphatic carbocycles. The van der Waals surface area contributed by atoms with Gasteiger partial charge in [-0.15, -0.1) is 11.3 Å². The van der Waals surface area contributed by atoms with Crippen LogP contribution in [-0.2, 0) is 20.0 Å². The second-order valence-electron chi connectivity index (χ2n) is 3.68. The maximum atomic E-state index is 4.65. The van der Waals surface area contributed by atoms with Crippen LogP contribution in [0.3, 0.4) is 0 Å². The molecule has 0 radical (unpaired) electrons. The summed E-state index contributed by atoms with van der Waals surface area (Å²) in [5.74, 6) is 0.967. The first kappa shape index (κ1) is 9.06. The highest BCUT2D eigenvalue weighted by atomic mass is 32.1. The maximum absolute atomic E-state index is 4.65. The molecule has 2 aromatic heterocycles. The van der Waals surface area contributed by atoms with Gasteiger partial charge in [0.15, 0.2) is 10.8 Å². The average Bonchev–Trinajstić information content (AvgIpc) is 2.82. The zero-order valence-electron chi connectivity index (χ0n) is 8.53. The summed E-state index contributed by atoms with van der Waals surface area (Å²) in [6.45, 7) is 1.99. The fourth-order valence-corrected chi connectivity index (χ4v) is 2.91. The fraction of sp³-hybridized carbons (Fsp3) is 0.400. The maximum Gasteiger partial charge on any atom is 0.168 e. The molecular weight excluding hydrogens is 208 g/mol. The molecule has 1 aliphatic heterocycles. The third kappa shape index (κ3) is 1.48. The first-order valence-electron chi connectivity index (χ1n) is 5.01. The van der Waals surface area contributed by atoms with Crippen LogP contribution in [0, 0.1) is 0 Å². The van der Waals surface area contributed by atoms with Crippen molar-refractivity contribution in [2.75, 3.05) is 6.54 Å². The molecule has 2 aromatic rings. The van der Waals surface area contributed by atoms with Gasteiger partial charge in [0.25, 0.3) is 0 Å². The Hall–Kier alpha value is -1.20. The van der Waals surface area contributed by atoms with Gasteiger partial charge in [0.1, 0.15) is 0 Å². The fourth-order valence-electron chi connectivity index (χ4n) is 1.79. The molecule has 0 unspecified atom stereocenters. The lowest BCUT2D eigenvalue weighted by molar-refractivity contribution is 0.644. The molecular formula is C10H12N4S. The van der Waals surface area contributed by atoms with Crippen molar-refractivity contribution in [2.24, 2.45) is 7.05 Å². The van der Waals surface area contributed by atoms with Crippen molar-refractivity contribution in [1.29, 1.82) is 0 Å². The van der Waals surface area contributed by atoms with Crippen molar-refractivity contribution in [3.05, 3.63) is 23.0 Å². The predicted octanol–water partition coefficient (Wildman–Crippen LogP) is 1.19. The smallest absolute Gasteiger partial charge is 0.168 e. The molecule has 1 N–H and O–H groups in total. The number of fused-ring (bicyclic) bond motifs is 1. The van der Waals surface area contributed by atoms with Crippen LogP contribution in [0.15, 0.2) is 12.4 Å². The minimum atomic E-state index is 0.956. The van der Waals surface area contributed by atoms with Gasteiger partial charge in [0, 0.05) is 43.8 Å². The molecule has 0 fully saturated rings. The van der Waals surface area contributed by atoms with Gasteiger partial charge in [-0.1, -0.05) is 0 Å². The number of aromatic nitrogens is 3. The number of aryl methyl sites for hydroxylation is 1. The van der Waals surface area contributed by atoms with Crippen molar-refractivity contribution in [1.82, 2.24) is 19.9 Å². The molecule has 0 saturated heterocycles. The molecule has 0 aromatic carbocycles. The minimum absolute atomic E-state index is 0.956. The van der Waals surface area contributed by atoms with Gasteiger partial charge in [-0.2, -0.15) is 0 Å². The van der Waals surface area contributed by atoms with Crippen molar-refractivity contribution < 1.29 is 0 Å². The monoisotopic (exact) mass is 220 g/mol. The van der Waals surface area contributed by atoms with Gasteiger partial charge < -0.3 is 9.88 Å². The van der Waals surface area contributed by atoms with Gasteiger partial charge in [0.05, 0.1) is 5.69 Å². The largest absolute Gasteiger partial charge is 0.332 e. The van der Waals surface area contributed by atoms with Crippen molar-refractivity contribution in [3.63, 3.8) is 0 Å². The Kier molecular flexibility index (Phi) is 2.07. The molecule has 0 amide bonds. The van der Waals surface area contributed by atoms with Crippen LogP contribution in [0.1, 0.15) is 10.6 Å². The van der Waals surface area contributed by atoms with E-state index >= 15 is 0 Å². The first-order valence-corrected chi connectivity index (χ1v) is 5.83. The second-order valence-corrected chi connectivity index (χ2v) is 4.76. The molecule has 3 heterocycles. The highest BCUT2D eigenvalue weighted by Gasteiger charge is 2.17. The molecule has 0 spiro atoms. The highest BCUT2D eigenvalue weighted by molar-refractivity contribution is 7.15. The number of rotatable bonds is 1. The predicted molar refractivity (Wildman–Crippen MR) is 59.7 cm³/mol. The molecule has 15 heavy (non-hydrogen) atoms. The van der Waals surface area contributed by atoms with E-state index in [0.717, 1.165) is 30.3 Å². The summed E-state index contributed by atoms with van der Waals surface area (Å²) in [5, 5.41) is 4.40. The summed E-state index contributed by atoms with van der Waals surface area (Å²) in [4.78, 5) is 10.3. The van der Waals surface area contributed by atoms with E-state index in [1.54, 1.807) is 11.3 Å². The molecule has 1 aliphatic rings. The summed E-state index contributed by atoms with van der Waals surface area (Å²) >= 11 is 1.75. The Morgan fingerprint density at radius 1 is 1.53 bits per heavy atom. The van der Waals surface area contributed by atoms with Crippen molar-refractivity contribution >= 4 is 11.3 Å². The Bertz CT molecular complexity index is 462. The first-order chi connectivity index (χ1) is 7.34. The Morgan fingerprint density at radius 3 is 3.20 bits per heavy atom. The Morgan fingerprint density at radius 2 is 2.47 bits per heavy atom. The number of imidazole rings is 1. The summed E-state index contributed by atoms with van der Waals surface area (Å²) in [6, 6.07) is 0. The van der Waals surface area contributed by atoms with Crippen molar-refractivity contribution in [2.45, 2.75) is 13.0 Å². The summed E-state index contributed by atoms with van der Waals surface area (Å²) < 4.78 is 2.01. The van der Waals surface area contributed by atoms with Gasteiger partial charge in [-0.05, 0) is 0 Å². The molecule has 0 bridgehead atoms. The zero-order valence-corrected chi connectivity index (χ0v) is 9.34. The third-order valence-corrected chi connectivity index (χ3v) is 3.71. The van der Waals surface area contributed by atoms with E-state index in [2.05, 4.69) is 15.3 Å². The van der Waals surface area contributed by atoms with E-state index in [0.29, 0.717) is 0 Å². The lowest BCUT2D eigenvalue weighted by Crippen LogP contribution is -2.22. The van der Waals surface area contributed by atoms with E-state index in [1.807, 2.05) is 24.0 Å². The SMILES string of the molecule is Cn1ccnc1-c1nc2c(s1)CNCC2. The van der Waals surface area contributed by atoms with E-state index in [1.165, 1.54) is 10.6 Å². The third-order valence-electron chi connectivity index (χ3n) is 2.61. The summed E-state index contributed by atoms with van der Waals surface area (Å²) in [6.07, 6.45) is 4.80. The number of nitrogens with one attached hydrogen (secondary N) is 1. The van der Waals surface area contributed by atoms with E-state index in [4.69, 9.17) is 0 Å². The lowest BCUT2D eigenvalue weighted by Gasteiger charge is -2.09. The van der Waals surface area contributed by atoms with Crippen LogP contribution in [0.25, 0.3) is 10.8 Å². The Balaban J connectivity index is 2.06. The normalized spacial score (nSPS) is 15.3. The summed E-state index contributed by atoms with van der Waals surface area (Å²) in [5.41, 5.74) is 1.25. The zero-order chi connectivity index (χ0) is 10.3. The van der Waals surface area contributed by atoms with Crippen molar-refractivity contribution in [3.8, 4) is 10.8 Å². The van der Waals surface area contributed by atoms with Crippen LogP contribution < -0.4 is 5.32 Å². The molecule has 3 rings (SSSR count). The molecule has 78 valence electrons. The quantitative estimate of drug-likeness (QED) is 0.785. The lowest BCUT2D eigenvalue weighted by atomic mass is 10.2. The van der Waals surface area contributed by atoms with Gasteiger partial charge in [-0.25, -0.2) is 9.97 Å². The second kappa shape index (κ2) is 3.43. The van der Waals surface area contributed by atoms with Gasteiger partial charge in [0.2, 0.25) is 0 Å². The van der Waals surface area contributed by atoms with Crippen LogP contribution in [-0.4, -0.2) is 21.1 Å². The minimum Gasteiger partial charge on any atom is -0.332 e. The molecule has 0 saturated carbocycles. The number of hydrogen-bond donors (Lipinski definition) is 1. The summed E-state index contributed by atoms with van der Waals surface area (Å²) in [7, 11) is 2.00. The Labute approximate surface area is 92.0 Å². The van der Waals surface area contributed by atoms with Crippen LogP contribution >= 0.6 is 11.3 Å². The van der Waals surface area contributed by atoms with Gasteiger partial charge >= 0.3 is 0 Å². The van der Waals surface area contributed by atoms with Crippen LogP contribution in [0.4, 0.5) is 0 Å². The number of thiazole rings is 1. The molecule has 4 nitrogen and oxygen atoms in total. The number of nitrogens with zero attached hydrogens (tertiary/aromatic N) is 3. The van der Waals surface area contributed by atoms with Gasteiger partial charge in [-0.3, -0.25) is 0 Å². The molecule has 0 atom stereocenters. The van der Waals surface area contributed by atoms with Crippen LogP contribution in [0.2, 0.25) is 0 Å². The number of hydrogen-bond acceptors (Lipinski definition) is 4. The highest BCUT2D eigenvalue weighted by Crippen LogP contribution is 2.28.